The molecule has 4 rings (SSSR count). The maximum Gasteiger partial charge on any atom is 0.283 e. The summed E-state index contributed by atoms with van der Waals surface area (Å²) in [6.45, 7) is 0. The molecule has 2 heterocycles. The molecule has 0 spiro atoms. The van der Waals surface area contributed by atoms with Crippen LogP contribution in [-0.4, -0.2) is 21.0 Å². The molecule has 29 heavy (non-hydrogen) atoms. The topological polar surface area (TPSA) is 124 Å². The monoisotopic (exact) mass is 410 g/mol. The zero-order valence-electron chi connectivity index (χ0n) is 14.5. The lowest BCUT2D eigenvalue weighted by molar-refractivity contribution is -0.384. The number of non-ortho nitro benzene ring substituents is 1. The largest absolute Gasteiger partial charge is 0.459 e. The van der Waals surface area contributed by atoms with Crippen molar-refractivity contribution >= 4 is 28.9 Å². The summed E-state index contributed by atoms with van der Waals surface area (Å²) in [5.74, 6) is 0.315. The molecule has 0 aliphatic rings. The Balaban J connectivity index is 1.58. The van der Waals surface area contributed by atoms with Gasteiger partial charge in [-0.15, -0.1) is 10.2 Å². The van der Waals surface area contributed by atoms with Crippen LogP contribution < -0.4 is 5.32 Å². The van der Waals surface area contributed by atoms with Crippen LogP contribution in [0.1, 0.15) is 10.4 Å². The van der Waals surface area contributed by atoms with Gasteiger partial charge in [0.25, 0.3) is 17.5 Å². The van der Waals surface area contributed by atoms with Gasteiger partial charge in [0.05, 0.1) is 21.8 Å². The lowest BCUT2D eigenvalue weighted by atomic mass is 10.1. The van der Waals surface area contributed by atoms with Gasteiger partial charge in [-0.1, -0.05) is 17.7 Å². The highest BCUT2D eigenvalue weighted by Gasteiger charge is 2.17. The third kappa shape index (κ3) is 3.85. The molecule has 0 saturated heterocycles. The van der Waals surface area contributed by atoms with E-state index in [0.717, 1.165) is 6.07 Å². The van der Waals surface area contributed by atoms with Gasteiger partial charge in [0.15, 0.2) is 5.76 Å². The van der Waals surface area contributed by atoms with Crippen molar-refractivity contribution in [2.24, 2.45) is 0 Å². The number of hydrogen-bond donors (Lipinski definition) is 1. The van der Waals surface area contributed by atoms with Crippen LogP contribution in [0.25, 0.3) is 23.1 Å². The van der Waals surface area contributed by atoms with E-state index in [-0.39, 0.29) is 28.1 Å². The highest BCUT2D eigenvalue weighted by molar-refractivity contribution is 6.34. The summed E-state index contributed by atoms with van der Waals surface area (Å²) in [7, 11) is 0. The zero-order valence-corrected chi connectivity index (χ0v) is 15.3. The smallest absolute Gasteiger partial charge is 0.283 e. The second-order valence-electron chi connectivity index (χ2n) is 5.85. The predicted octanol–water partition coefficient (Wildman–Crippen LogP) is 4.81. The van der Waals surface area contributed by atoms with Gasteiger partial charge in [-0.3, -0.25) is 14.9 Å². The normalized spacial score (nSPS) is 10.7. The van der Waals surface area contributed by atoms with Crippen molar-refractivity contribution in [2.45, 2.75) is 0 Å². The van der Waals surface area contributed by atoms with Crippen molar-refractivity contribution < 1.29 is 18.6 Å². The Labute approximate surface area is 168 Å². The molecule has 0 unspecified atom stereocenters. The molecule has 4 aromatic rings. The average Bonchev–Trinajstić information content (AvgIpc) is 3.40. The maximum absolute atomic E-state index is 12.5. The van der Waals surface area contributed by atoms with Crippen LogP contribution in [0.2, 0.25) is 5.02 Å². The molecule has 0 atom stereocenters. The molecule has 9 nitrogen and oxygen atoms in total. The van der Waals surface area contributed by atoms with Crippen molar-refractivity contribution in [3.8, 4) is 23.1 Å². The molecular weight excluding hydrogens is 400 g/mol. The van der Waals surface area contributed by atoms with E-state index in [0.29, 0.717) is 17.0 Å². The number of carbonyl (C=O) groups is 1. The minimum absolute atomic E-state index is 0.0100. The van der Waals surface area contributed by atoms with E-state index in [4.69, 9.17) is 20.4 Å². The number of nitro groups is 1. The standard InChI is InChI=1S/C19H11ClN4O5/c20-15-7-6-13(24(26)27)10-14(15)17(25)21-12-4-1-3-11(9-12)18-22-23-19(29-18)16-5-2-8-28-16/h1-10H,(H,21,25). The number of nitro benzene ring substituents is 1. The third-order valence-corrected chi connectivity index (χ3v) is 4.26. The highest BCUT2D eigenvalue weighted by Crippen LogP contribution is 2.27. The van der Waals surface area contributed by atoms with Crippen LogP contribution in [-0.2, 0) is 0 Å². The SMILES string of the molecule is O=C(Nc1cccc(-c2nnc(-c3ccco3)o2)c1)c1cc([N+](=O)[O-])ccc1Cl. The Morgan fingerprint density at radius 1 is 1.07 bits per heavy atom. The molecule has 0 bridgehead atoms. The number of furan rings is 1. The first kappa shape index (κ1) is 18.4. The predicted molar refractivity (Wildman–Crippen MR) is 103 cm³/mol. The molecule has 1 N–H and O–H groups in total. The minimum Gasteiger partial charge on any atom is -0.459 e. The molecule has 2 aromatic carbocycles. The number of aromatic nitrogens is 2. The second kappa shape index (κ2) is 7.56. The van der Waals surface area contributed by atoms with Crippen molar-refractivity contribution in [1.82, 2.24) is 10.2 Å². The summed E-state index contributed by atoms with van der Waals surface area (Å²) >= 11 is 6.02. The van der Waals surface area contributed by atoms with Crippen LogP contribution in [0.4, 0.5) is 11.4 Å². The summed E-state index contributed by atoms with van der Waals surface area (Å²) in [6.07, 6.45) is 1.49. The van der Waals surface area contributed by atoms with Gasteiger partial charge in [-0.25, -0.2) is 0 Å². The van der Waals surface area contributed by atoms with Crippen LogP contribution in [0, 0.1) is 10.1 Å². The fraction of sp³-hybridized carbons (Fsp3) is 0. The number of halogens is 1. The number of carbonyl (C=O) groups excluding carboxylic acids is 1. The van der Waals surface area contributed by atoms with Gasteiger partial charge in [0, 0.05) is 23.4 Å². The van der Waals surface area contributed by atoms with Crippen LogP contribution in [0.3, 0.4) is 0 Å². The van der Waals surface area contributed by atoms with E-state index >= 15 is 0 Å². The van der Waals surface area contributed by atoms with E-state index < -0.39 is 10.8 Å². The first-order chi connectivity index (χ1) is 14.0. The minimum atomic E-state index is -0.597. The average molecular weight is 411 g/mol. The number of rotatable bonds is 5. The van der Waals surface area contributed by atoms with Gasteiger partial charge < -0.3 is 14.2 Å². The van der Waals surface area contributed by atoms with Crippen LogP contribution in [0.15, 0.2) is 69.7 Å². The lowest BCUT2D eigenvalue weighted by Crippen LogP contribution is -2.12. The fourth-order valence-corrected chi connectivity index (χ4v) is 2.77. The summed E-state index contributed by atoms with van der Waals surface area (Å²) in [5, 5.41) is 21.6. The third-order valence-electron chi connectivity index (χ3n) is 3.93. The number of nitrogens with one attached hydrogen (secondary N) is 1. The van der Waals surface area contributed by atoms with Crippen molar-refractivity contribution in [3.63, 3.8) is 0 Å². The van der Waals surface area contributed by atoms with Crippen LogP contribution >= 0.6 is 11.6 Å². The number of nitrogens with zero attached hydrogens (tertiary/aromatic N) is 3. The van der Waals surface area contributed by atoms with E-state index in [2.05, 4.69) is 15.5 Å². The van der Waals surface area contributed by atoms with Crippen LogP contribution in [0.5, 0.6) is 0 Å². The van der Waals surface area contributed by atoms with Gasteiger partial charge in [-0.05, 0) is 36.4 Å². The first-order valence-corrected chi connectivity index (χ1v) is 8.62. The Morgan fingerprint density at radius 2 is 1.90 bits per heavy atom. The first-order valence-electron chi connectivity index (χ1n) is 8.24. The number of benzene rings is 2. The molecule has 0 saturated carbocycles. The van der Waals surface area contributed by atoms with Gasteiger partial charge in [-0.2, -0.15) is 0 Å². The summed E-state index contributed by atoms with van der Waals surface area (Å²) < 4.78 is 10.8. The fourth-order valence-electron chi connectivity index (χ4n) is 2.57. The second-order valence-corrected chi connectivity index (χ2v) is 6.25. The summed E-state index contributed by atoms with van der Waals surface area (Å²) in [4.78, 5) is 22.9. The summed E-state index contributed by atoms with van der Waals surface area (Å²) in [6, 6.07) is 13.7. The quantitative estimate of drug-likeness (QED) is 0.369. The van der Waals surface area contributed by atoms with E-state index in [9.17, 15) is 14.9 Å². The number of anilines is 1. The lowest BCUT2D eigenvalue weighted by Gasteiger charge is -2.07. The molecular formula is C19H11ClN4O5. The molecule has 144 valence electrons. The number of amides is 1. The molecule has 0 aliphatic heterocycles. The Morgan fingerprint density at radius 3 is 2.66 bits per heavy atom. The van der Waals surface area contributed by atoms with Gasteiger partial charge >= 0.3 is 0 Å². The molecule has 2 aromatic heterocycles. The maximum atomic E-state index is 12.5. The Kier molecular flexibility index (Phi) is 4.80. The van der Waals surface area contributed by atoms with Crippen molar-refractivity contribution in [3.05, 3.63) is 81.6 Å². The number of hydrogen-bond acceptors (Lipinski definition) is 7. The summed E-state index contributed by atoms with van der Waals surface area (Å²) in [5.41, 5.74) is 0.750. The molecule has 0 radical (unpaired) electrons. The van der Waals surface area contributed by atoms with E-state index in [1.807, 2.05) is 0 Å². The Bertz CT molecular complexity index is 1200. The molecule has 10 heteroatoms. The van der Waals surface area contributed by atoms with Gasteiger partial charge in [0.1, 0.15) is 0 Å². The van der Waals surface area contributed by atoms with E-state index in [1.165, 1.54) is 18.4 Å². The molecule has 0 aliphatic carbocycles. The van der Waals surface area contributed by atoms with Crippen molar-refractivity contribution in [1.29, 1.82) is 0 Å². The zero-order chi connectivity index (χ0) is 20.4. The Hall–Kier alpha value is -3.98. The van der Waals surface area contributed by atoms with E-state index in [1.54, 1.807) is 36.4 Å². The van der Waals surface area contributed by atoms with Crippen molar-refractivity contribution in [2.75, 3.05) is 5.32 Å². The molecule has 1 amide bonds. The molecule has 0 fully saturated rings. The highest BCUT2D eigenvalue weighted by atomic mass is 35.5. The van der Waals surface area contributed by atoms with Gasteiger partial charge in [0.2, 0.25) is 5.89 Å².